The summed E-state index contributed by atoms with van der Waals surface area (Å²) in [5, 5.41) is 11.8. The number of hydrogen-bond acceptors (Lipinski definition) is 3. The van der Waals surface area contributed by atoms with Gasteiger partial charge in [-0.05, 0) is 12.8 Å². The molecule has 1 saturated carbocycles. The molecule has 90 valence electrons. The first kappa shape index (κ1) is 11.6. The van der Waals surface area contributed by atoms with E-state index in [0.717, 1.165) is 12.8 Å². The third-order valence-electron chi connectivity index (χ3n) is 3.10. The SMILES string of the molecule is N#Cc1nccn1CC(=O)NC1CCCCC1. The van der Waals surface area contributed by atoms with E-state index in [0.29, 0.717) is 6.04 Å². The summed E-state index contributed by atoms with van der Waals surface area (Å²) in [6.07, 6.45) is 8.98. The molecule has 0 aliphatic heterocycles. The van der Waals surface area contributed by atoms with Crippen molar-refractivity contribution in [3.63, 3.8) is 0 Å². The summed E-state index contributed by atoms with van der Waals surface area (Å²) in [5.41, 5.74) is 0. The predicted octanol–water partition coefficient (Wildman–Crippen LogP) is 1.20. The zero-order chi connectivity index (χ0) is 12.1. The van der Waals surface area contributed by atoms with E-state index in [1.807, 2.05) is 6.07 Å². The second kappa shape index (κ2) is 5.48. The van der Waals surface area contributed by atoms with Gasteiger partial charge in [0.15, 0.2) is 0 Å². The Hall–Kier alpha value is -1.83. The molecule has 1 aromatic heterocycles. The summed E-state index contributed by atoms with van der Waals surface area (Å²) in [6, 6.07) is 2.27. The van der Waals surface area contributed by atoms with E-state index >= 15 is 0 Å². The van der Waals surface area contributed by atoms with Crippen LogP contribution in [0.5, 0.6) is 0 Å². The van der Waals surface area contributed by atoms with E-state index in [1.54, 1.807) is 10.8 Å². The Morgan fingerprint density at radius 2 is 2.29 bits per heavy atom. The number of imidazole rings is 1. The number of hydrogen-bond donors (Lipinski definition) is 1. The van der Waals surface area contributed by atoms with Gasteiger partial charge in [0, 0.05) is 18.4 Å². The third kappa shape index (κ3) is 3.06. The van der Waals surface area contributed by atoms with Crippen molar-refractivity contribution >= 4 is 5.91 Å². The first-order valence-electron chi connectivity index (χ1n) is 6.00. The first-order chi connectivity index (χ1) is 8.29. The van der Waals surface area contributed by atoms with Gasteiger partial charge in [-0.15, -0.1) is 0 Å². The number of rotatable bonds is 3. The molecule has 0 bridgehead atoms. The highest BCUT2D eigenvalue weighted by Crippen LogP contribution is 2.17. The Kier molecular flexibility index (Phi) is 3.76. The van der Waals surface area contributed by atoms with Gasteiger partial charge in [0.1, 0.15) is 12.6 Å². The molecule has 5 nitrogen and oxygen atoms in total. The number of nitrogens with zero attached hydrogens (tertiary/aromatic N) is 3. The largest absolute Gasteiger partial charge is 0.352 e. The molecule has 1 aromatic rings. The molecule has 1 aliphatic rings. The van der Waals surface area contributed by atoms with Crippen molar-refractivity contribution in [1.29, 1.82) is 5.26 Å². The van der Waals surface area contributed by atoms with Crippen molar-refractivity contribution in [3.05, 3.63) is 18.2 Å². The molecule has 1 amide bonds. The van der Waals surface area contributed by atoms with Crippen LogP contribution in [-0.2, 0) is 11.3 Å². The molecular weight excluding hydrogens is 216 g/mol. The standard InChI is InChI=1S/C12H16N4O/c13-8-11-14-6-7-16(11)9-12(17)15-10-4-2-1-3-5-10/h6-7,10H,1-5,9H2,(H,15,17). The van der Waals surface area contributed by atoms with Gasteiger partial charge in [0.25, 0.3) is 0 Å². The van der Waals surface area contributed by atoms with Crippen molar-refractivity contribution in [1.82, 2.24) is 14.9 Å². The van der Waals surface area contributed by atoms with Crippen molar-refractivity contribution in [2.75, 3.05) is 0 Å². The Morgan fingerprint density at radius 1 is 1.53 bits per heavy atom. The molecule has 0 radical (unpaired) electrons. The van der Waals surface area contributed by atoms with E-state index in [-0.39, 0.29) is 18.3 Å². The van der Waals surface area contributed by atoms with Gasteiger partial charge in [0.2, 0.25) is 11.7 Å². The van der Waals surface area contributed by atoms with Crippen LogP contribution in [-0.4, -0.2) is 21.5 Å². The lowest BCUT2D eigenvalue weighted by atomic mass is 9.95. The van der Waals surface area contributed by atoms with Crippen LogP contribution in [0.1, 0.15) is 37.9 Å². The fourth-order valence-corrected chi connectivity index (χ4v) is 2.22. The fraction of sp³-hybridized carbons (Fsp3) is 0.583. The lowest BCUT2D eigenvalue weighted by molar-refractivity contribution is -0.122. The summed E-state index contributed by atoms with van der Waals surface area (Å²) in [5.74, 6) is 0.246. The molecule has 1 N–H and O–H groups in total. The zero-order valence-corrected chi connectivity index (χ0v) is 9.72. The smallest absolute Gasteiger partial charge is 0.240 e. The van der Waals surface area contributed by atoms with E-state index in [4.69, 9.17) is 5.26 Å². The molecule has 1 heterocycles. The van der Waals surface area contributed by atoms with E-state index in [1.165, 1.54) is 25.5 Å². The lowest BCUT2D eigenvalue weighted by Gasteiger charge is -2.22. The van der Waals surface area contributed by atoms with Gasteiger partial charge in [0.05, 0.1) is 0 Å². The average molecular weight is 232 g/mol. The van der Waals surface area contributed by atoms with Gasteiger partial charge in [-0.2, -0.15) is 5.26 Å². The maximum Gasteiger partial charge on any atom is 0.240 e. The van der Waals surface area contributed by atoms with Gasteiger partial charge >= 0.3 is 0 Å². The molecular formula is C12H16N4O. The maximum absolute atomic E-state index is 11.8. The monoisotopic (exact) mass is 232 g/mol. The van der Waals surface area contributed by atoms with Crippen molar-refractivity contribution in [3.8, 4) is 6.07 Å². The van der Waals surface area contributed by atoms with E-state index in [9.17, 15) is 4.79 Å². The first-order valence-corrected chi connectivity index (χ1v) is 6.00. The maximum atomic E-state index is 11.8. The second-order valence-electron chi connectivity index (χ2n) is 4.39. The van der Waals surface area contributed by atoms with Gasteiger partial charge in [-0.25, -0.2) is 4.98 Å². The number of nitrogens with one attached hydrogen (secondary N) is 1. The minimum atomic E-state index is -0.0357. The van der Waals surface area contributed by atoms with Crippen LogP contribution in [0.3, 0.4) is 0 Å². The van der Waals surface area contributed by atoms with Crippen LogP contribution in [0.2, 0.25) is 0 Å². The number of aromatic nitrogens is 2. The van der Waals surface area contributed by atoms with Crippen LogP contribution < -0.4 is 5.32 Å². The summed E-state index contributed by atoms with van der Waals surface area (Å²) in [6.45, 7) is 0.180. The van der Waals surface area contributed by atoms with Crippen molar-refractivity contribution in [2.45, 2.75) is 44.7 Å². The molecule has 0 atom stereocenters. The van der Waals surface area contributed by atoms with Crippen molar-refractivity contribution in [2.24, 2.45) is 0 Å². The van der Waals surface area contributed by atoms with Crippen molar-refractivity contribution < 1.29 is 4.79 Å². The van der Waals surface area contributed by atoms with Gasteiger partial charge in [-0.1, -0.05) is 19.3 Å². The Labute approximate surface area is 100 Å². The lowest BCUT2D eigenvalue weighted by Crippen LogP contribution is -2.38. The number of nitriles is 1. The molecule has 0 unspecified atom stereocenters. The normalized spacial score (nSPS) is 16.4. The molecule has 1 fully saturated rings. The highest BCUT2D eigenvalue weighted by molar-refractivity contribution is 5.76. The molecule has 1 aliphatic carbocycles. The van der Waals surface area contributed by atoms with Crippen LogP contribution in [0, 0.1) is 11.3 Å². The number of carbonyl (C=O) groups excluding carboxylic acids is 1. The summed E-state index contributed by atoms with van der Waals surface area (Å²) in [4.78, 5) is 15.6. The predicted molar refractivity (Wildman–Crippen MR) is 62.0 cm³/mol. The number of amides is 1. The van der Waals surface area contributed by atoms with Crippen LogP contribution in [0.25, 0.3) is 0 Å². The average Bonchev–Trinajstić information content (AvgIpc) is 2.77. The second-order valence-corrected chi connectivity index (χ2v) is 4.39. The fourth-order valence-electron chi connectivity index (χ4n) is 2.22. The van der Waals surface area contributed by atoms with Crippen LogP contribution in [0.4, 0.5) is 0 Å². The van der Waals surface area contributed by atoms with Crippen LogP contribution >= 0.6 is 0 Å². The number of carbonyl (C=O) groups is 1. The summed E-state index contributed by atoms with van der Waals surface area (Å²) in [7, 11) is 0. The topological polar surface area (TPSA) is 70.7 Å². The molecule has 17 heavy (non-hydrogen) atoms. The quantitative estimate of drug-likeness (QED) is 0.851. The third-order valence-corrected chi connectivity index (χ3v) is 3.10. The molecule has 5 heteroatoms. The Morgan fingerprint density at radius 3 is 3.00 bits per heavy atom. The van der Waals surface area contributed by atoms with E-state index in [2.05, 4.69) is 10.3 Å². The van der Waals surface area contributed by atoms with Gasteiger partial charge in [-0.3, -0.25) is 4.79 Å². The molecule has 0 saturated heterocycles. The molecule has 0 spiro atoms. The summed E-state index contributed by atoms with van der Waals surface area (Å²) < 4.78 is 1.57. The highest BCUT2D eigenvalue weighted by atomic mass is 16.2. The van der Waals surface area contributed by atoms with Crippen LogP contribution in [0.15, 0.2) is 12.4 Å². The van der Waals surface area contributed by atoms with Gasteiger partial charge < -0.3 is 9.88 Å². The Balaban J connectivity index is 1.87. The zero-order valence-electron chi connectivity index (χ0n) is 9.72. The summed E-state index contributed by atoms with van der Waals surface area (Å²) >= 11 is 0. The van der Waals surface area contributed by atoms with E-state index < -0.39 is 0 Å². The Bertz CT molecular complexity index is 426. The molecule has 2 rings (SSSR count). The molecule has 0 aromatic carbocycles. The minimum Gasteiger partial charge on any atom is -0.352 e. The highest BCUT2D eigenvalue weighted by Gasteiger charge is 2.16. The minimum absolute atomic E-state index is 0.0357.